The Kier molecular flexibility index (Phi) is 4.72. The molecule has 156 valence electrons. The van der Waals surface area contributed by atoms with Crippen LogP contribution in [0.5, 0.6) is 11.5 Å². The summed E-state index contributed by atoms with van der Waals surface area (Å²) in [5.74, 6) is 3.79. The molecule has 0 saturated heterocycles. The van der Waals surface area contributed by atoms with Gasteiger partial charge in [0.1, 0.15) is 11.5 Å². The molecule has 3 aliphatic carbocycles. The van der Waals surface area contributed by atoms with Gasteiger partial charge in [-0.05, 0) is 102 Å². The number of ketones is 1. The molecule has 0 aliphatic heterocycles. The number of benzene rings is 2. The molecule has 3 heteroatoms. The lowest BCUT2D eigenvalue weighted by molar-refractivity contribution is -0.127. The number of hydrogen-bond donors (Lipinski definition) is 0. The van der Waals surface area contributed by atoms with Gasteiger partial charge in [0.2, 0.25) is 0 Å². The summed E-state index contributed by atoms with van der Waals surface area (Å²) in [6, 6.07) is 14.6. The van der Waals surface area contributed by atoms with Gasteiger partial charge in [0.15, 0.2) is 5.78 Å². The van der Waals surface area contributed by atoms with E-state index < -0.39 is 0 Å². The molecule has 0 N–H and O–H groups in total. The molecule has 30 heavy (non-hydrogen) atoms. The van der Waals surface area contributed by atoms with Crippen LogP contribution in [0.25, 0.3) is 6.08 Å². The van der Waals surface area contributed by atoms with Crippen LogP contribution in [-0.2, 0) is 11.2 Å². The minimum atomic E-state index is -0.205. The Morgan fingerprint density at radius 2 is 1.73 bits per heavy atom. The van der Waals surface area contributed by atoms with Crippen molar-refractivity contribution in [3.05, 3.63) is 64.7 Å². The number of Topliss-reactive ketones (excluding diaryl/α,β-unsaturated/α-hetero) is 1. The lowest BCUT2D eigenvalue weighted by atomic mass is 9.55. The van der Waals surface area contributed by atoms with Crippen LogP contribution in [-0.4, -0.2) is 20.0 Å². The number of allylic oxidation sites excluding steroid dienone is 1. The third-order valence-electron chi connectivity index (χ3n) is 8.03. The monoisotopic (exact) mass is 402 g/mol. The predicted octanol–water partition coefficient (Wildman–Crippen LogP) is 5.82. The van der Waals surface area contributed by atoms with Gasteiger partial charge in [0.05, 0.1) is 14.2 Å². The smallest absolute Gasteiger partial charge is 0.165 e. The quantitative estimate of drug-likeness (QED) is 0.607. The Labute approximate surface area is 179 Å². The maximum Gasteiger partial charge on any atom is 0.165 e. The molecule has 5 rings (SSSR count). The first-order valence-corrected chi connectivity index (χ1v) is 11.1. The lowest BCUT2D eigenvalue weighted by Gasteiger charge is -2.48. The van der Waals surface area contributed by atoms with Gasteiger partial charge in [-0.25, -0.2) is 0 Å². The van der Waals surface area contributed by atoms with E-state index in [1.807, 2.05) is 24.3 Å². The summed E-state index contributed by atoms with van der Waals surface area (Å²) in [6.45, 7) is 2.23. The van der Waals surface area contributed by atoms with E-state index in [9.17, 15) is 4.79 Å². The zero-order valence-electron chi connectivity index (χ0n) is 18.1. The molecule has 2 aromatic rings. The highest BCUT2D eigenvalue weighted by Crippen LogP contribution is 2.60. The fourth-order valence-corrected chi connectivity index (χ4v) is 6.39. The SMILES string of the molecule is COc1ccc(/C=C2\C[C@@H]3[C@@H]4CCc5cc(OC)ccc5[C@H]4CC[C@]3(C)C2=O)cc1. The van der Waals surface area contributed by atoms with Gasteiger partial charge in [-0.15, -0.1) is 0 Å². The summed E-state index contributed by atoms with van der Waals surface area (Å²) >= 11 is 0. The van der Waals surface area contributed by atoms with Crippen molar-refractivity contribution in [1.29, 1.82) is 0 Å². The Bertz CT molecular complexity index is 1000. The summed E-state index contributed by atoms with van der Waals surface area (Å²) in [5, 5.41) is 0. The lowest BCUT2D eigenvalue weighted by Crippen LogP contribution is -2.42. The average molecular weight is 403 g/mol. The van der Waals surface area contributed by atoms with Crippen molar-refractivity contribution in [2.45, 2.75) is 44.9 Å². The zero-order valence-corrected chi connectivity index (χ0v) is 18.1. The molecule has 0 aromatic heterocycles. The molecule has 4 atom stereocenters. The summed E-state index contributed by atoms with van der Waals surface area (Å²) < 4.78 is 10.7. The van der Waals surface area contributed by atoms with Crippen LogP contribution < -0.4 is 9.47 Å². The molecule has 3 nitrogen and oxygen atoms in total. The van der Waals surface area contributed by atoms with Crippen molar-refractivity contribution in [2.24, 2.45) is 17.3 Å². The number of aryl methyl sites for hydroxylation is 1. The standard InChI is InChI=1S/C27H30O3/c1-27-13-12-23-22-11-9-21(30-3)15-18(22)6-10-24(23)25(27)16-19(26(27)28)14-17-4-7-20(29-2)8-5-17/h4-5,7-9,11,14-15,23-25H,6,10,12-13,16H2,1-3H3/b19-14+/t23-,24-,25-,27+/m1/s1. The van der Waals surface area contributed by atoms with Crippen molar-refractivity contribution in [3.63, 3.8) is 0 Å². The van der Waals surface area contributed by atoms with Crippen LogP contribution in [0.3, 0.4) is 0 Å². The highest BCUT2D eigenvalue weighted by Gasteiger charge is 2.56. The molecule has 0 bridgehead atoms. The van der Waals surface area contributed by atoms with E-state index in [1.165, 1.54) is 17.5 Å². The number of ether oxygens (including phenoxy) is 2. The molecule has 2 fully saturated rings. The van der Waals surface area contributed by atoms with Crippen molar-refractivity contribution in [1.82, 2.24) is 0 Å². The van der Waals surface area contributed by atoms with Gasteiger partial charge in [0, 0.05) is 5.41 Å². The number of hydrogen-bond acceptors (Lipinski definition) is 3. The topological polar surface area (TPSA) is 35.5 Å². The molecule has 2 saturated carbocycles. The second-order valence-corrected chi connectivity index (χ2v) is 9.41. The molecule has 2 aromatic carbocycles. The maximum atomic E-state index is 13.5. The summed E-state index contributed by atoms with van der Waals surface area (Å²) in [4.78, 5) is 13.5. The van der Waals surface area contributed by atoms with Gasteiger partial charge in [-0.2, -0.15) is 0 Å². The summed E-state index contributed by atoms with van der Waals surface area (Å²) in [7, 11) is 3.41. The van der Waals surface area contributed by atoms with Crippen LogP contribution in [0.1, 0.15) is 55.2 Å². The van der Waals surface area contributed by atoms with Gasteiger partial charge in [0.25, 0.3) is 0 Å². The molecule has 0 amide bonds. The van der Waals surface area contributed by atoms with Crippen LogP contribution in [0.2, 0.25) is 0 Å². The van der Waals surface area contributed by atoms with Crippen molar-refractivity contribution in [3.8, 4) is 11.5 Å². The first-order valence-electron chi connectivity index (χ1n) is 11.1. The number of rotatable bonds is 3. The van der Waals surface area contributed by atoms with Crippen LogP contribution in [0.15, 0.2) is 48.0 Å². The maximum absolute atomic E-state index is 13.5. The van der Waals surface area contributed by atoms with Gasteiger partial charge >= 0.3 is 0 Å². The fourth-order valence-electron chi connectivity index (χ4n) is 6.39. The Hall–Kier alpha value is -2.55. The van der Waals surface area contributed by atoms with E-state index in [2.05, 4.69) is 31.2 Å². The third-order valence-corrected chi connectivity index (χ3v) is 8.03. The molecule has 0 spiro atoms. The second-order valence-electron chi connectivity index (χ2n) is 9.41. The number of fused-ring (bicyclic) bond motifs is 5. The zero-order chi connectivity index (χ0) is 20.9. The minimum absolute atomic E-state index is 0.205. The first-order chi connectivity index (χ1) is 14.5. The predicted molar refractivity (Wildman–Crippen MR) is 119 cm³/mol. The fraction of sp³-hybridized carbons (Fsp3) is 0.444. The van der Waals surface area contributed by atoms with Gasteiger partial charge in [-0.1, -0.05) is 25.1 Å². The molecule has 0 heterocycles. The van der Waals surface area contributed by atoms with E-state index in [4.69, 9.17) is 9.47 Å². The number of carbonyl (C=O) groups is 1. The van der Waals surface area contributed by atoms with E-state index in [0.717, 1.165) is 48.3 Å². The molecular formula is C27H30O3. The molecule has 0 unspecified atom stereocenters. The largest absolute Gasteiger partial charge is 0.497 e. The Morgan fingerprint density at radius 3 is 2.47 bits per heavy atom. The minimum Gasteiger partial charge on any atom is -0.497 e. The Balaban J connectivity index is 1.45. The molecule has 0 radical (unpaired) electrons. The van der Waals surface area contributed by atoms with Crippen LogP contribution >= 0.6 is 0 Å². The molecular weight excluding hydrogens is 372 g/mol. The normalized spacial score (nSPS) is 31.1. The van der Waals surface area contributed by atoms with Crippen LogP contribution in [0, 0.1) is 17.3 Å². The molecule has 3 aliphatic rings. The van der Waals surface area contributed by atoms with Crippen LogP contribution in [0.4, 0.5) is 0 Å². The summed E-state index contributed by atoms with van der Waals surface area (Å²) in [5.41, 5.74) is 4.82. The highest BCUT2D eigenvalue weighted by molar-refractivity contribution is 6.06. The van der Waals surface area contributed by atoms with E-state index in [0.29, 0.717) is 23.5 Å². The van der Waals surface area contributed by atoms with Crippen molar-refractivity contribution >= 4 is 11.9 Å². The number of methoxy groups -OCH3 is 2. The highest BCUT2D eigenvalue weighted by atomic mass is 16.5. The van der Waals surface area contributed by atoms with E-state index in [1.54, 1.807) is 14.2 Å². The number of carbonyl (C=O) groups excluding carboxylic acids is 1. The van der Waals surface area contributed by atoms with Gasteiger partial charge < -0.3 is 9.47 Å². The second kappa shape index (κ2) is 7.30. The van der Waals surface area contributed by atoms with Crippen molar-refractivity contribution in [2.75, 3.05) is 14.2 Å². The van der Waals surface area contributed by atoms with E-state index in [-0.39, 0.29) is 5.41 Å². The Morgan fingerprint density at radius 1 is 1.00 bits per heavy atom. The summed E-state index contributed by atoms with van der Waals surface area (Å²) in [6.07, 6.45) is 7.39. The first kappa shape index (κ1) is 19.4. The average Bonchev–Trinajstić information content (AvgIpc) is 3.04. The third kappa shape index (κ3) is 2.98. The van der Waals surface area contributed by atoms with Gasteiger partial charge in [-0.3, -0.25) is 4.79 Å². The van der Waals surface area contributed by atoms with E-state index >= 15 is 0 Å². The van der Waals surface area contributed by atoms with Crippen molar-refractivity contribution < 1.29 is 14.3 Å².